The van der Waals surface area contributed by atoms with E-state index in [1.807, 2.05) is 51.2 Å². The van der Waals surface area contributed by atoms with Gasteiger partial charge in [0.15, 0.2) is 5.78 Å². The molecule has 3 heteroatoms. The maximum Gasteiger partial charge on any atom is 0.168 e. The third kappa shape index (κ3) is 2.44. The first kappa shape index (κ1) is 11.6. The van der Waals surface area contributed by atoms with Crippen molar-refractivity contribution in [1.82, 2.24) is 10.2 Å². The zero-order chi connectivity index (χ0) is 12.5. The molecule has 0 saturated heterocycles. The Balaban J connectivity index is 2.28. The molecule has 1 aromatic carbocycles. The van der Waals surface area contributed by atoms with Crippen molar-refractivity contribution >= 4 is 5.78 Å². The maximum absolute atomic E-state index is 12.0. The smallest absolute Gasteiger partial charge is 0.168 e. The van der Waals surface area contributed by atoms with Crippen LogP contribution in [0.2, 0.25) is 0 Å². The van der Waals surface area contributed by atoms with Crippen LogP contribution in [-0.4, -0.2) is 16.0 Å². The van der Waals surface area contributed by atoms with Gasteiger partial charge < -0.3 is 0 Å². The molecule has 0 aliphatic rings. The lowest BCUT2D eigenvalue weighted by molar-refractivity contribution is 0.0858. The van der Waals surface area contributed by atoms with Gasteiger partial charge in [0, 0.05) is 22.7 Å². The topological polar surface area (TPSA) is 45.8 Å². The Hall–Kier alpha value is -1.90. The van der Waals surface area contributed by atoms with Gasteiger partial charge in [-0.2, -0.15) is 5.10 Å². The highest BCUT2D eigenvalue weighted by molar-refractivity contribution is 6.00. The molecule has 0 saturated carbocycles. The summed E-state index contributed by atoms with van der Waals surface area (Å²) < 4.78 is 0. The number of H-pyrrole nitrogens is 1. The number of aromatic amines is 1. The van der Waals surface area contributed by atoms with Crippen molar-refractivity contribution in [3.63, 3.8) is 0 Å². The fourth-order valence-corrected chi connectivity index (χ4v) is 1.66. The highest BCUT2D eigenvalue weighted by atomic mass is 16.1. The molecule has 0 unspecified atom stereocenters. The summed E-state index contributed by atoms with van der Waals surface area (Å²) in [6.45, 7) is 5.79. The number of carbonyl (C=O) groups excluding carboxylic acids is 1. The van der Waals surface area contributed by atoms with Crippen molar-refractivity contribution in [2.24, 2.45) is 5.41 Å². The van der Waals surface area contributed by atoms with Crippen molar-refractivity contribution in [2.75, 3.05) is 0 Å². The van der Waals surface area contributed by atoms with E-state index >= 15 is 0 Å². The zero-order valence-corrected chi connectivity index (χ0v) is 10.3. The maximum atomic E-state index is 12.0. The summed E-state index contributed by atoms with van der Waals surface area (Å²) in [5, 5.41) is 6.68. The van der Waals surface area contributed by atoms with Crippen LogP contribution in [0.1, 0.15) is 31.1 Å². The van der Waals surface area contributed by atoms with Gasteiger partial charge in [-0.05, 0) is 5.56 Å². The number of nitrogens with one attached hydrogen (secondary N) is 1. The summed E-state index contributed by atoms with van der Waals surface area (Å²) in [5.74, 6) is 0.163. The zero-order valence-electron chi connectivity index (χ0n) is 10.3. The van der Waals surface area contributed by atoms with Crippen LogP contribution in [0, 0.1) is 5.41 Å². The predicted octanol–water partition coefficient (Wildman–Crippen LogP) is 3.31. The van der Waals surface area contributed by atoms with Gasteiger partial charge in [0.2, 0.25) is 0 Å². The van der Waals surface area contributed by atoms with Crippen LogP contribution >= 0.6 is 0 Å². The second kappa shape index (κ2) is 4.17. The first-order valence-electron chi connectivity index (χ1n) is 5.62. The minimum atomic E-state index is -0.336. The summed E-state index contributed by atoms with van der Waals surface area (Å²) in [7, 11) is 0. The molecular weight excluding hydrogens is 212 g/mol. The predicted molar refractivity (Wildman–Crippen MR) is 67.8 cm³/mol. The number of ketones is 1. The molecular formula is C14H16N2O. The van der Waals surface area contributed by atoms with E-state index in [4.69, 9.17) is 0 Å². The minimum absolute atomic E-state index is 0.163. The standard InChI is InChI=1S/C14H16N2O/c1-14(2,3)13(17)11-6-4-10(5-7-11)12-8-15-16-9-12/h4-9H,1-3H3,(H,15,16). The van der Waals surface area contributed by atoms with Crippen molar-refractivity contribution in [2.45, 2.75) is 20.8 Å². The summed E-state index contributed by atoms with van der Waals surface area (Å²) >= 11 is 0. The molecule has 3 nitrogen and oxygen atoms in total. The molecule has 2 rings (SSSR count). The average molecular weight is 228 g/mol. The summed E-state index contributed by atoms with van der Waals surface area (Å²) in [6, 6.07) is 7.64. The molecule has 17 heavy (non-hydrogen) atoms. The highest BCUT2D eigenvalue weighted by Crippen LogP contribution is 2.23. The van der Waals surface area contributed by atoms with E-state index in [9.17, 15) is 4.79 Å². The van der Waals surface area contributed by atoms with E-state index in [-0.39, 0.29) is 11.2 Å². The number of carbonyl (C=O) groups is 1. The van der Waals surface area contributed by atoms with E-state index < -0.39 is 0 Å². The number of hydrogen-bond donors (Lipinski definition) is 1. The Kier molecular flexibility index (Phi) is 2.84. The normalized spacial score (nSPS) is 11.5. The number of rotatable bonds is 2. The molecule has 0 radical (unpaired) electrons. The van der Waals surface area contributed by atoms with Crippen LogP contribution in [0.5, 0.6) is 0 Å². The van der Waals surface area contributed by atoms with Crippen LogP contribution in [-0.2, 0) is 0 Å². The van der Waals surface area contributed by atoms with Gasteiger partial charge in [0.1, 0.15) is 0 Å². The number of hydrogen-bond acceptors (Lipinski definition) is 2. The lowest BCUT2D eigenvalue weighted by Gasteiger charge is -2.16. The molecule has 2 aromatic rings. The molecule has 1 heterocycles. The van der Waals surface area contributed by atoms with Crippen molar-refractivity contribution in [3.8, 4) is 11.1 Å². The monoisotopic (exact) mass is 228 g/mol. The Morgan fingerprint density at radius 1 is 1.12 bits per heavy atom. The Labute approximate surface area is 101 Å². The van der Waals surface area contributed by atoms with Crippen LogP contribution in [0.4, 0.5) is 0 Å². The van der Waals surface area contributed by atoms with Gasteiger partial charge in [-0.3, -0.25) is 9.89 Å². The molecule has 0 aliphatic carbocycles. The SMILES string of the molecule is CC(C)(C)C(=O)c1ccc(-c2cn[nH]c2)cc1. The Morgan fingerprint density at radius 3 is 2.24 bits per heavy atom. The molecule has 0 amide bonds. The third-order valence-corrected chi connectivity index (χ3v) is 2.66. The van der Waals surface area contributed by atoms with Crippen molar-refractivity contribution < 1.29 is 4.79 Å². The molecule has 0 fully saturated rings. The van der Waals surface area contributed by atoms with E-state index in [2.05, 4.69) is 10.2 Å². The number of benzene rings is 1. The minimum Gasteiger partial charge on any atom is -0.294 e. The lowest BCUT2D eigenvalue weighted by Crippen LogP contribution is -2.19. The van der Waals surface area contributed by atoms with E-state index in [1.165, 1.54) is 0 Å². The second-order valence-electron chi connectivity index (χ2n) is 5.14. The van der Waals surface area contributed by atoms with Crippen LogP contribution in [0.15, 0.2) is 36.7 Å². The van der Waals surface area contributed by atoms with Crippen molar-refractivity contribution in [3.05, 3.63) is 42.2 Å². The first-order valence-corrected chi connectivity index (χ1v) is 5.62. The molecule has 0 spiro atoms. The number of nitrogens with zero attached hydrogens (tertiary/aromatic N) is 1. The lowest BCUT2D eigenvalue weighted by atomic mass is 9.86. The summed E-state index contributed by atoms with van der Waals surface area (Å²) in [6.07, 6.45) is 3.60. The molecule has 0 bridgehead atoms. The largest absolute Gasteiger partial charge is 0.294 e. The highest BCUT2D eigenvalue weighted by Gasteiger charge is 2.22. The fourth-order valence-electron chi connectivity index (χ4n) is 1.66. The van der Waals surface area contributed by atoms with Crippen LogP contribution in [0.25, 0.3) is 11.1 Å². The third-order valence-electron chi connectivity index (χ3n) is 2.66. The summed E-state index contributed by atoms with van der Waals surface area (Å²) in [5.41, 5.74) is 2.51. The quantitative estimate of drug-likeness (QED) is 0.801. The molecule has 1 N–H and O–H groups in total. The van der Waals surface area contributed by atoms with Crippen LogP contribution < -0.4 is 0 Å². The molecule has 0 atom stereocenters. The number of Topliss-reactive ketones (excluding diaryl/α,β-unsaturated/α-hetero) is 1. The van der Waals surface area contributed by atoms with E-state index in [0.717, 1.165) is 16.7 Å². The van der Waals surface area contributed by atoms with Gasteiger partial charge in [-0.1, -0.05) is 45.0 Å². The summed E-state index contributed by atoms with van der Waals surface area (Å²) in [4.78, 5) is 12.0. The molecule has 1 aromatic heterocycles. The van der Waals surface area contributed by atoms with E-state index in [0.29, 0.717) is 0 Å². The van der Waals surface area contributed by atoms with Crippen LogP contribution in [0.3, 0.4) is 0 Å². The fraction of sp³-hybridized carbons (Fsp3) is 0.286. The van der Waals surface area contributed by atoms with Gasteiger partial charge in [0.25, 0.3) is 0 Å². The second-order valence-corrected chi connectivity index (χ2v) is 5.14. The Morgan fingerprint density at radius 2 is 1.76 bits per heavy atom. The average Bonchev–Trinajstić information content (AvgIpc) is 2.80. The van der Waals surface area contributed by atoms with Gasteiger partial charge >= 0.3 is 0 Å². The van der Waals surface area contributed by atoms with Gasteiger partial charge in [0.05, 0.1) is 6.20 Å². The number of aromatic nitrogens is 2. The first-order chi connectivity index (χ1) is 7.98. The van der Waals surface area contributed by atoms with Crippen molar-refractivity contribution in [1.29, 1.82) is 0 Å². The van der Waals surface area contributed by atoms with Gasteiger partial charge in [-0.15, -0.1) is 0 Å². The molecule has 88 valence electrons. The Bertz CT molecular complexity index is 504. The van der Waals surface area contributed by atoms with E-state index in [1.54, 1.807) is 6.20 Å². The van der Waals surface area contributed by atoms with Gasteiger partial charge in [-0.25, -0.2) is 0 Å². The molecule has 0 aliphatic heterocycles.